The van der Waals surface area contributed by atoms with Gasteiger partial charge in [0.2, 0.25) is 0 Å². The lowest BCUT2D eigenvalue weighted by atomic mass is 10.2. The van der Waals surface area contributed by atoms with Gasteiger partial charge in [-0.05, 0) is 31.6 Å². The number of hydrogen-bond acceptors (Lipinski definition) is 6. The summed E-state index contributed by atoms with van der Waals surface area (Å²) in [7, 11) is 0. The smallest absolute Gasteiger partial charge is 0.267 e. The quantitative estimate of drug-likeness (QED) is 0.434. The number of carbonyl (C=O) groups is 1. The fraction of sp³-hybridized carbons (Fsp3) is 0.368. The lowest BCUT2D eigenvalue weighted by molar-refractivity contribution is -0.121. The summed E-state index contributed by atoms with van der Waals surface area (Å²) in [6.45, 7) is 5.25. The van der Waals surface area contributed by atoms with Crippen LogP contribution in [0.15, 0.2) is 34.1 Å². The van der Waals surface area contributed by atoms with Crippen molar-refractivity contribution in [1.29, 1.82) is 0 Å². The van der Waals surface area contributed by atoms with Gasteiger partial charge in [0.15, 0.2) is 0 Å². The zero-order valence-corrected chi connectivity index (χ0v) is 17.0. The van der Waals surface area contributed by atoms with Gasteiger partial charge in [-0.15, -0.1) is 0 Å². The van der Waals surface area contributed by atoms with Crippen LogP contribution in [0.1, 0.15) is 38.7 Å². The summed E-state index contributed by atoms with van der Waals surface area (Å²) in [4.78, 5) is 32.2. The summed E-state index contributed by atoms with van der Waals surface area (Å²) in [6.07, 6.45) is 6.50. The molecule has 1 aliphatic heterocycles. The molecule has 1 amide bonds. The Bertz CT molecular complexity index is 968. The molecule has 3 heterocycles. The van der Waals surface area contributed by atoms with E-state index in [2.05, 4.69) is 17.2 Å². The highest BCUT2D eigenvalue weighted by atomic mass is 32.2. The maximum Gasteiger partial charge on any atom is 0.267 e. The number of carbonyl (C=O) groups excluding carboxylic acids is 1. The van der Waals surface area contributed by atoms with E-state index in [-0.39, 0.29) is 11.5 Å². The van der Waals surface area contributed by atoms with Gasteiger partial charge in [0, 0.05) is 19.3 Å². The van der Waals surface area contributed by atoms with E-state index in [4.69, 9.17) is 12.2 Å². The third kappa shape index (κ3) is 4.06. The van der Waals surface area contributed by atoms with Crippen LogP contribution in [-0.4, -0.2) is 37.6 Å². The van der Waals surface area contributed by atoms with E-state index < -0.39 is 0 Å². The molecule has 27 heavy (non-hydrogen) atoms. The number of amides is 1. The van der Waals surface area contributed by atoms with E-state index in [9.17, 15) is 9.59 Å². The first-order valence-electron chi connectivity index (χ1n) is 9.07. The van der Waals surface area contributed by atoms with E-state index >= 15 is 0 Å². The highest BCUT2D eigenvalue weighted by Gasteiger charge is 2.31. The summed E-state index contributed by atoms with van der Waals surface area (Å²) in [5, 5.41) is 3.27. The van der Waals surface area contributed by atoms with E-state index in [0.29, 0.717) is 32.8 Å². The second kappa shape index (κ2) is 8.67. The number of aromatic nitrogens is 2. The molecule has 142 valence electrons. The number of anilines is 1. The van der Waals surface area contributed by atoms with E-state index in [1.165, 1.54) is 21.1 Å². The minimum atomic E-state index is -0.208. The van der Waals surface area contributed by atoms with Crippen LogP contribution >= 0.6 is 24.0 Å². The Balaban J connectivity index is 2.05. The van der Waals surface area contributed by atoms with Crippen LogP contribution in [0.3, 0.4) is 0 Å². The first-order chi connectivity index (χ1) is 13.1. The normalized spacial score (nSPS) is 15.9. The Hall–Kier alpha value is -2.19. The zero-order chi connectivity index (χ0) is 19.4. The highest BCUT2D eigenvalue weighted by Crippen LogP contribution is 2.32. The molecule has 0 bridgehead atoms. The molecule has 0 aliphatic carbocycles. The molecule has 3 rings (SSSR count). The van der Waals surface area contributed by atoms with Gasteiger partial charge in [0.25, 0.3) is 11.5 Å². The first-order valence-corrected chi connectivity index (χ1v) is 10.3. The molecule has 1 saturated heterocycles. The van der Waals surface area contributed by atoms with Gasteiger partial charge in [-0.25, -0.2) is 4.98 Å². The van der Waals surface area contributed by atoms with Crippen LogP contribution in [0, 0.1) is 0 Å². The predicted molar refractivity (Wildman–Crippen MR) is 115 cm³/mol. The van der Waals surface area contributed by atoms with Crippen LogP contribution in [-0.2, 0) is 4.79 Å². The Morgan fingerprint density at radius 2 is 2.07 bits per heavy atom. The highest BCUT2D eigenvalue weighted by molar-refractivity contribution is 8.26. The molecule has 0 unspecified atom stereocenters. The molecule has 8 heteroatoms. The molecule has 0 radical (unpaired) electrons. The number of nitrogens with zero attached hydrogens (tertiary/aromatic N) is 3. The maximum absolute atomic E-state index is 13.0. The number of fused-ring (bicyclic) bond motifs is 1. The number of thiocarbonyl (C=S) groups is 1. The third-order valence-corrected chi connectivity index (χ3v) is 5.68. The Morgan fingerprint density at radius 1 is 1.26 bits per heavy atom. The fourth-order valence-electron chi connectivity index (χ4n) is 2.85. The molecule has 0 saturated carbocycles. The maximum atomic E-state index is 13.0. The zero-order valence-electron chi connectivity index (χ0n) is 15.4. The summed E-state index contributed by atoms with van der Waals surface area (Å²) >= 11 is 6.49. The molecule has 0 atom stereocenters. The Labute approximate surface area is 167 Å². The lowest BCUT2D eigenvalue weighted by Gasteiger charge is -2.11. The minimum Gasteiger partial charge on any atom is -0.369 e. The SMILES string of the molecule is CCCCCNc1nc2ccccn2c(=O)c1/C=C1/SC(=S)N(CC)C1=O. The average Bonchev–Trinajstić information content (AvgIpc) is 2.94. The van der Waals surface area contributed by atoms with E-state index in [1.807, 2.05) is 13.0 Å². The van der Waals surface area contributed by atoms with Crippen molar-refractivity contribution in [2.75, 3.05) is 18.4 Å². The number of hydrogen-bond donors (Lipinski definition) is 1. The van der Waals surface area contributed by atoms with Gasteiger partial charge >= 0.3 is 0 Å². The van der Waals surface area contributed by atoms with Crippen molar-refractivity contribution in [3.8, 4) is 0 Å². The lowest BCUT2D eigenvalue weighted by Crippen LogP contribution is -2.27. The molecule has 1 N–H and O–H groups in total. The summed E-state index contributed by atoms with van der Waals surface area (Å²) < 4.78 is 2.00. The van der Waals surface area contributed by atoms with E-state index in [0.717, 1.165) is 25.8 Å². The second-order valence-electron chi connectivity index (χ2n) is 6.17. The minimum absolute atomic E-state index is 0.165. The van der Waals surface area contributed by atoms with E-state index in [1.54, 1.807) is 24.4 Å². The number of unbranched alkanes of at least 4 members (excludes halogenated alkanes) is 2. The Morgan fingerprint density at radius 3 is 2.78 bits per heavy atom. The summed E-state index contributed by atoms with van der Waals surface area (Å²) in [5.74, 6) is 0.339. The van der Waals surface area contributed by atoms with Crippen molar-refractivity contribution < 1.29 is 4.79 Å². The third-order valence-electron chi connectivity index (χ3n) is 4.31. The van der Waals surface area contributed by atoms with Gasteiger partial charge in [-0.2, -0.15) is 0 Å². The molecule has 0 spiro atoms. The van der Waals surface area contributed by atoms with Crippen LogP contribution < -0.4 is 10.9 Å². The average molecular weight is 403 g/mol. The molecule has 2 aromatic heterocycles. The van der Waals surface area contributed by atoms with Gasteiger partial charge in [0.1, 0.15) is 15.8 Å². The van der Waals surface area contributed by atoms with Crippen molar-refractivity contribution in [2.24, 2.45) is 0 Å². The Kier molecular flexibility index (Phi) is 6.28. The monoisotopic (exact) mass is 402 g/mol. The number of likely N-dealkylation sites (N-methyl/N-ethyl adjacent to an activating group) is 1. The van der Waals surface area contributed by atoms with Crippen molar-refractivity contribution in [1.82, 2.24) is 14.3 Å². The summed E-state index contributed by atoms with van der Waals surface area (Å²) in [6, 6.07) is 5.42. The van der Waals surface area contributed by atoms with Crippen LogP contribution in [0.2, 0.25) is 0 Å². The van der Waals surface area contributed by atoms with Gasteiger partial charge < -0.3 is 5.32 Å². The standard InChI is InChI=1S/C19H22N4O2S2/c1-3-5-7-10-20-16-13(12-14-18(25)22(4-2)19(26)27-14)17(24)23-11-8-6-9-15(23)21-16/h6,8-9,11-12,20H,3-5,7,10H2,1-2H3/b14-12+. The number of thioether (sulfide) groups is 1. The van der Waals surface area contributed by atoms with Crippen LogP contribution in [0.4, 0.5) is 5.82 Å². The van der Waals surface area contributed by atoms with Gasteiger partial charge in [-0.1, -0.05) is 49.8 Å². The molecular formula is C19H22N4O2S2. The van der Waals surface area contributed by atoms with Crippen molar-refractivity contribution in [2.45, 2.75) is 33.1 Å². The van der Waals surface area contributed by atoms with Gasteiger partial charge in [0.05, 0.1) is 10.5 Å². The molecule has 0 aromatic carbocycles. The molecular weight excluding hydrogens is 380 g/mol. The molecule has 1 aliphatic rings. The molecule has 1 fully saturated rings. The number of rotatable bonds is 7. The van der Waals surface area contributed by atoms with Crippen molar-refractivity contribution in [3.63, 3.8) is 0 Å². The summed E-state index contributed by atoms with van der Waals surface area (Å²) in [5.41, 5.74) is 0.742. The van der Waals surface area contributed by atoms with Crippen molar-refractivity contribution in [3.05, 3.63) is 45.2 Å². The van der Waals surface area contributed by atoms with Gasteiger partial charge in [-0.3, -0.25) is 18.9 Å². The number of pyridine rings is 1. The number of nitrogens with one attached hydrogen (secondary N) is 1. The first kappa shape index (κ1) is 19.6. The largest absolute Gasteiger partial charge is 0.369 e. The van der Waals surface area contributed by atoms with Crippen molar-refractivity contribution >= 4 is 51.7 Å². The van der Waals surface area contributed by atoms with Crippen LogP contribution in [0.25, 0.3) is 11.7 Å². The molecule has 2 aromatic rings. The molecule has 6 nitrogen and oxygen atoms in total. The topological polar surface area (TPSA) is 66.7 Å². The second-order valence-corrected chi connectivity index (χ2v) is 7.84. The van der Waals surface area contributed by atoms with Crippen LogP contribution in [0.5, 0.6) is 0 Å². The fourth-order valence-corrected chi connectivity index (χ4v) is 4.22. The predicted octanol–water partition coefficient (Wildman–Crippen LogP) is 3.52.